The van der Waals surface area contributed by atoms with Crippen LogP contribution >= 0.6 is 0 Å². The van der Waals surface area contributed by atoms with Gasteiger partial charge in [0, 0.05) is 0 Å². The molecule has 0 heterocycles. The van der Waals surface area contributed by atoms with Crippen molar-refractivity contribution in [1.29, 1.82) is 0 Å². The Kier molecular flexibility index (Phi) is 3.62. The minimum Gasteiger partial charge on any atom is -0.500 e. The number of carboxylic acids is 1. The van der Waals surface area contributed by atoms with Crippen molar-refractivity contribution in [3.8, 4) is 5.75 Å². The van der Waals surface area contributed by atoms with Gasteiger partial charge in [0.05, 0.1) is 7.11 Å². The maximum absolute atomic E-state index is 11.1. The lowest BCUT2D eigenvalue weighted by Gasteiger charge is -2.11. The Labute approximate surface area is 124 Å². The molecule has 3 rings (SSSR count). The average Bonchev–Trinajstić information content (AvgIpc) is 3.31. The van der Waals surface area contributed by atoms with Crippen molar-refractivity contribution in [2.45, 2.75) is 32.1 Å². The largest absolute Gasteiger partial charge is 0.500 e. The number of carbonyl (C=O) groups is 1. The summed E-state index contributed by atoms with van der Waals surface area (Å²) in [4.78, 5) is 11.1. The molecule has 0 amide bonds. The van der Waals surface area contributed by atoms with Crippen LogP contribution in [0.2, 0.25) is 0 Å². The third-order valence-corrected chi connectivity index (χ3v) is 4.36. The maximum Gasteiger partial charge on any atom is 0.375 e. The van der Waals surface area contributed by atoms with Crippen molar-refractivity contribution >= 4 is 5.97 Å². The molecule has 21 heavy (non-hydrogen) atoms. The van der Waals surface area contributed by atoms with Gasteiger partial charge in [-0.15, -0.1) is 0 Å². The normalized spacial score (nSPS) is 24.6. The highest BCUT2D eigenvalue weighted by atomic mass is 16.5. The van der Waals surface area contributed by atoms with Crippen LogP contribution in [0.1, 0.15) is 36.3 Å². The van der Waals surface area contributed by atoms with E-state index in [9.17, 15) is 4.79 Å². The first-order chi connectivity index (χ1) is 10.1. The lowest BCUT2D eigenvalue weighted by molar-refractivity contribution is -0.135. The van der Waals surface area contributed by atoms with E-state index in [1.54, 1.807) is 0 Å². The number of hydrogen-bond acceptors (Lipinski definition) is 3. The number of hydrogen-bond donors (Lipinski definition) is 1. The lowest BCUT2D eigenvalue weighted by Crippen LogP contribution is -2.09. The van der Waals surface area contributed by atoms with Gasteiger partial charge < -0.3 is 14.6 Å². The topological polar surface area (TPSA) is 55.8 Å². The van der Waals surface area contributed by atoms with Gasteiger partial charge in [-0.2, -0.15) is 0 Å². The zero-order chi connectivity index (χ0) is 15.0. The van der Waals surface area contributed by atoms with Gasteiger partial charge >= 0.3 is 5.97 Å². The lowest BCUT2D eigenvalue weighted by atomic mass is 10.0. The Hall–Kier alpha value is -1.97. The SMILES string of the molecule is CO/C=C(\Oc1cc(C2CC2C2CC2)ccc1C)C(=O)O. The molecule has 1 N–H and O–H groups in total. The monoisotopic (exact) mass is 288 g/mol. The zero-order valence-electron chi connectivity index (χ0n) is 12.3. The molecule has 0 saturated heterocycles. The summed E-state index contributed by atoms with van der Waals surface area (Å²) in [7, 11) is 1.40. The van der Waals surface area contributed by atoms with E-state index in [0.717, 1.165) is 23.7 Å². The van der Waals surface area contributed by atoms with E-state index in [-0.39, 0.29) is 5.76 Å². The third kappa shape index (κ3) is 3.04. The number of aryl methyl sites for hydroxylation is 1. The molecule has 2 aliphatic carbocycles. The molecule has 1 aromatic carbocycles. The molecule has 2 unspecified atom stereocenters. The van der Waals surface area contributed by atoms with E-state index in [0.29, 0.717) is 11.7 Å². The molecule has 112 valence electrons. The van der Waals surface area contributed by atoms with Gasteiger partial charge in [-0.25, -0.2) is 4.79 Å². The number of benzene rings is 1. The molecular weight excluding hydrogens is 268 g/mol. The van der Waals surface area contributed by atoms with Crippen LogP contribution in [-0.2, 0) is 9.53 Å². The van der Waals surface area contributed by atoms with Gasteiger partial charge in [-0.05, 0) is 61.1 Å². The van der Waals surface area contributed by atoms with Gasteiger partial charge in [-0.1, -0.05) is 12.1 Å². The van der Waals surface area contributed by atoms with Crippen molar-refractivity contribution < 1.29 is 19.4 Å². The van der Waals surface area contributed by atoms with Crippen molar-refractivity contribution in [2.75, 3.05) is 7.11 Å². The maximum atomic E-state index is 11.1. The summed E-state index contributed by atoms with van der Waals surface area (Å²) in [6, 6.07) is 6.11. The Morgan fingerprint density at radius 3 is 2.76 bits per heavy atom. The average molecular weight is 288 g/mol. The zero-order valence-corrected chi connectivity index (χ0v) is 12.3. The van der Waals surface area contributed by atoms with Gasteiger partial charge in [-0.3, -0.25) is 0 Å². The van der Waals surface area contributed by atoms with Crippen LogP contribution in [-0.4, -0.2) is 18.2 Å². The second-order valence-corrected chi connectivity index (χ2v) is 5.99. The molecule has 2 fully saturated rings. The van der Waals surface area contributed by atoms with E-state index >= 15 is 0 Å². The molecule has 4 heteroatoms. The summed E-state index contributed by atoms with van der Waals surface area (Å²) in [6.45, 7) is 1.91. The molecule has 0 radical (unpaired) electrons. The molecule has 0 aliphatic heterocycles. The van der Waals surface area contributed by atoms with Crippen LogP contribution in [0.3, 0.4) is 0 Å². The first kappa shape index (κ1) is 14.0. The number of ether oxygens (including phenoxy) is 2. The summed E-state index contributed by atoms with van der Waals surface area (Å²) < 4.78 is 10.3. The van der Waals surface area contributed by atoms with E-state index in [1.165, 1.54) is 31.9 Å². The van der Waals surface area contributed by atoms with Gasteiger partial charge in [0.25, 0.3) is 0 Å². The summed E-state index contributed by atoms with van der Waals surface area (Å²) in [6.07, 6.45) is 5.11. The number of carboxylic acid groups (broad SMARTS) is 1. The number of rotatable bonds is 6. The summed E-state index contributed by atoms with van der Waals surface area (Å²) in [5, 5.41) is 9.10. The minimum absolute atomic E-state index is 0.202. The van der Waals surface area contributed by atoms with E-state index in [4.69, 9.17) is 14.6 Å². The molecule has 2 saturated carbocycles. The number of methoxy groups -OCH3 is 1. The van der Waals surface area contributed by atoms with Crippen LogP contribution in [0.15, 0.2) is 30.2 Å². The molecule has 4 nitrogen and oxygen atoms in total. The Morgan fingerprint density at radius 2 is 2.14 bits per heavy atom. The first-order valence-corrected chi connectivity index (χ1v) is 7.34. The smallest absolute Gasteiger partial charge is 0.375 e. The summed E-state index contributed by atoms with van der Waals surface area (Å²) >= 11 is 0. The highest BCUT2D eigenvalue weighted by Crippen LogP contribution is 2.59. The van der Waals surface area contributed by atoms with Crippen molar-refractivity contribution in [2.24, 2.45) is 11.8 Å². The van der Waals surface area contributed by atoms with Gasteiger partial charge in [0.2, 0.25) is 5.76 Å². The molecule has 2 atom stereocenters. The number of aliphatic carboxylic acids is 1. The van der Waals surface area contributed by atoms with Crippen molar-refractivity contribution in [3.05, 3.63) is 41.3 Å². The molecule has 0 aromatic heterocycles. The van der Waals surface area contributed by atoms with Gasteiger partial charge in [0.15, 0.2) is 0 Å². The Balaban J connectivity index is 1.78. The second-order valence-electron chi connectivity index (χ2n) is 5.99. The highest BCUT2D eigenvalue weighted by Gasteiger charge is 2.48. The van der Waals surface area contributed by atoms with Crippen LogP contribution < -0.4 is 4.74 Å². The summed E-state index contributed by atoms with van der Waals surface area (Å²) in [5.41, 5.74) is 2.18. The molecule has 0 bridgehead atoms. The Bertz CT molecular complexity index is 586. The Morgan fingerprint density at radius 1 is 1.38 bits per heavy atom. The highest BCUT2D eigenvalue weighted by molar-refractivity contribution is 5.84. The van der Waals surface area contributed by atoms with Crippen molar-refractivity contribution in [1.82, 2.24) is 0 Å². The second kappa shape index (κ2) is 5.43. The standard InChI is InChI=1S/C17H20O4/c1-10-3-4-12(14-8-13(14)11-5-6-11)7-15(10)21-16(9-20-2)17(18)19/h3-4,7,9,11,13-14H,5-6,8H2,1-2H3,(H,18,19)/b16-9-. The fraction of sp³-hybridized carbons (Fsp3) is 0.471. The fourth-order valence-electron chi connectivity index (χ4n) is 2.94. The quantitative estimate of drug-likeness (QED) is 0.643. The molecule has 1 aromatic rings. The van der Waals surface area contributed by atoms with Crippen molar-refractivity contribution in [3.63, 3.8) is 0 Å². The summed E-state index contributed by atoms with van der Waals surface area (Å²) in [5.74, 6) is 1.63. The van der Waals surface area contributed by atoms with E-state index < -0.39 is 5.97 Å². The predicted molar refractivity (Wildman–Crippen MR) is 78.1 cm³/mol. The van der Waals surface area contributed by atoms with Crippen LogP contribution in [0.5, 0.6) is 5.75 Å². The third-order valence-electron chi connectivity index (χ3n) is 4.36. The molecule has 2 aliphatic rings. The first-order valence-electron chi connectivity index (χ1n) is 7.34. The van der Waals surface area contributed by atoms with Crippen LogP contribution in [0.4, 0.5) is 0 Å². The molecular formula is C17H20O4. The predicted octanol–water partition coefficient (Wildman–Crippen LogP) is 3.46. The van der Waals surface area contributed by atoms with E-state index in [1.807, 2.05) is 19.1 Å². The van der Waals surface area contributed by atoms with Crippen LogP contribution in [0, 0.1) is 18.8 Å². The molecule has 0 spiro atoms. The van der Waals surface area contributed by atoms with E-state index in [2.05, 4.69) is 6.07 Å². The van der Waals surface area contributed by atoms with Crippen LogP contribution in [0.25, 0.3) is 0 Å². The van der Waals surface area contributed by atoms with Gasteiger partial charge in [0.1, 0.15) is 12.0 Å². The fourth-order valence-corrected chi connectivity index (χ4v) is 2.94. The minimum atomic E-state index is -1.14.